The fourth-order valence-electron chi connectivity index (χ4n) is 2.58. The quantitative estimate of drug-likeness (QED) is 0.412. The second-order valence-electron chi connectivity index (χ2n) is 6.29. The van der Waals surface area contributed by atoms with Crippen molar-refractivity contribution >= 4 is 27.7 Å². The van der Waals surface area contributed by atoms with Crippen LogP contribution in [0.2, 0.25) is 0 Å². The van der Waals surface area contributed by atoms with Crippen LogP contribution >= 0.6 is 0 Å². The molecule has 0 atom stereocenters. The average Bonchev–Trinajstić information content (AvgIpc) is 3.25. The van der Waals surface area contributed by atoms with Crippen molar-refractivity contribution in [1.29, 1.82) is 5.26 Å². The molecule has 0 aliphatic heterocycles. The highest BCUT2D eigenvalue weighted by atomic mass is 32.2. The highest BCUT2D eigenvalue weighted by molar-refractivity contribution is 7.89. The molecule has 2 aromatic carbocycles. The number of anilines is 1. The van der Waals surface area contributed by atoms with E-state index >= 15 is 0 Å². The minimum Gasteiger partial charge on any atom is -0.497 e. The predicted octanol–water partition coefficient (Wildman–Crippen LogP) is 3.31. The summed E-state index contributed by atoms with van der Waals surface area (Å²) in [7, 11) is -2.14. The van der Waals surface area contributed by atoms with Crippen LogP contribution in [0, 0.1) is 11.3 Å². The lowest BCUT2D eigenvalue weighted by Crippen LogP contribution is -2.22. The molecule has 0 spiro atoms. The van der Waals surface area contributed by atoms with E-state index < -0.39 is 15.9 Å². The third-order valence-corrected chi connectivity index (χ3v) is 5.59. The maximum Gasteiger partial charge on any atom is 0.266 e. The Hall–Kier alpha value is -3.87. The zero-order chi connectivity index (χ0) is 22.3. The van der Waals surface area contributed by atoms with Crippen molar-refractivity contribution < 1.29 is 22.4 Å². The maximum atomic E-state index is 12.4. The van der Waals surface area contributed by atoms with Crippen LogP contribution in [-0.2, 0) is 21.4 Å². The smallest absolute Gasteiger partial charge is 0.266 e. The fourth-order valence-corrected chi connectivity index (χ4v) is 3.59. The molecule has 158 valence electrons. The van der Waals surface area contributed by atoms with E-state index in [0.717, 1.165) is 0 Å². The van der Waals surface area contributed by atoms with Gasteiger partial charge in [-0.3, -0.25) is 4.79 Å². The number of furan rings is 1. The summed E-state index contributed by atoms with van der Waals surface area (Å²) in [6.45, 7) is -0.0784. The molecule has 0 aliphatic rings. The number of rotatable bonds is 8. The summed E-state index contributed by atoms with van der Waals surface area (Å²) >= 11 is 0. The molecule has 0 saturated heterocycles. The minimum atomic E-state index is -3.68. The number of benzene rings is 2. The highest BCUT2D eigenvalue weighted by Crippen LogP contribution is 2.17. The van der Waals surface area contributed by atoms with Gasteiger partial charge in [-0.25, -0.2) is 13.1 Å². The molecule has 8 nitrogen and oxygen atoms in total. The molecule has 3 aromatic rings. The lowest BCUT2D eigenvalue weighted by molar-refractivity contribution is -0.112. The van der Waals surface area contributed by atoms with Gasteiger partial charge in [-0.15, -0.1) is 0 Å². The fraction of sp³-hybridized carbons (Fsp3) is 0.0909. The molecule has 0 radical (unpaired) electrons. The van der Waals surface area contributed by atoms with Gasteiger partial charge in [0.2, 0.25) is 10.0 Å². The van der Waals surface area contributed by atoms with Crippen LogP contribution in [0.1, 0.15) is 11.5 Å². The lowest BCUT2D eigenvalue weighted by atomic mass is 10.2. The zero-order valence-corrected chi connectivity index (χ0v) is 17.3. The monoisotopic (exact) mass is 437 g/mol. The van der Waals surface area contributed by atoms with Gasteiger partial charge in [0, 0.05) is 11.8 Å². The van der Waals surface area contributed by atoms with E-state index in [4.69, 9.17) is 9.15 Å². The molecule has 2 N–H and O–H groups in total. The first-order valence-electron chi connectivity index (χ1n) is 9.12. The molecule has 9 heteroatoms. The van der Waals surface area contributed by atoms with Crippen molar-refractivity contribution in [3.05, 3.63) is 83.8 Å². The van der Waals surface area contributed by atoms with Gasteiger partial charge in [-0.05, 0) is 48.5 Å². The van der Waals surface area contributed by atoms with Gasteiger partial charge in [0.1, 0.15) is 28.9 Å². The SMILES string of the molecule is COc1ccc(NC(=O)C(C#N)=Cc2ccc(CNS(=O)(=O)c3ccccc3)o2)cc1. The van der Waals surface area contributed by atoms with Crippen molar-refractivity contribution in [2.45, 2.75) is 11.4 Å². The van der Waals surface area contributed by atoms with Crippen LogP contribution in [0.25, 0.3) is 6.08 Å². The highest BCUT2D eigenvalue weighted by Gasteiger charge is 2.15. The average molecular weight is 437 g/mol. The summed E-state index contributed by atoms with van der Waals surface area (Å²) in [5.74, 6) is 0.615. The number of ether oxygens (including phenoxy) is 1. The van der Waals surface area contributed by atoms with E-state index in [0.29, 0.717) is 17.2 Å². The molecule has 0 saturated carbocycles. The Morgan fingerprint density at radius 1 is 1.10 bits per heavy atom. The van der Waals surface area contributed by atoms with Crippen molar-refractivity contribution in [3.8, 4) is 11.8 Å². The normalized spacial score (nSPS) is 11.5. The molecule has 31 heavy (non-hydrogen) atoms. The van der Waals surface area contributed by atoms with Crippen LogP contribution < -0.4 is 14.8 Å². The standard InChI is InChI=1S/C22H19N3O5S/c1-29-18-9-7-17(8-10-18)25-22(26)16(14-23)13-19-11-12-20(30-19)15-24-31(27,28)21-5-3-2-4-6-21/h2-13,24H,15H2,1H3,(H,25,26). The molecule has 0 aliphatic carbocycles. The summed E-state index contributed by atoms with van der Waals surface area (Å²) in [5, 5.41) is 11.9. The Bertz CT molecular complexity index is 1220. The molecule has 1 aromatic heterocycles. The number of nitriles is 1. The molecule has 1 heterocycles. The van der Waals surface area contributed by atoms with Crippen LogP contribution in [-0.4, -0.2) is 21.4 Å². The number of sulfonamides is 1. The molecule has 0 bridgehead atoms. The third kappa shape index (κ3) is 5.82. The number of hydrogen-bond acceptors (Lipinski definition) is 6. The molecular formula is C22H19N3O5S. The van der Waals surface area contributed by atoms with E-state index in [-0.39, 0.29) is 22.8 Å². The summed E-state index contributed by atoms with van der Waals surface area (Å²) in [6.07, 6.45) is 1.29. The van der Waals surface area contributed by atoms with Gasteiger partial charge in [0.25, 0.3) is 5.91 Å². The van der Waals surface area contributed by atoms with E-state index in [2.05, 4.69) is 10.0 Å². The minimum absolute atomic E-state index is 0.0784. The zero-order valence-electron chi connectivity index (χ0n) is 16.5. The summed E-state index contributed by atoms with van der Waals surface area (Å²) < 4.78 is 37.6. The largest absolute Gasteiger partial charge is 0.497 e. The number of nitrogens with zero attached hydrogens (tertiary/aromatic N) is 1. The molecular weight excluding hydrogens is 418 g/mol. The second-order valence-corrected chi connectivity index (χ2v) is 8.06. The van der Waals surface area contributed by atoms with E-state index in [1.165, 1.54) is 25.3 Å². The van der Waals surface area contributed by atoms with Crippen molar-refractivity contribution in [3.63, 3.8) is 0 Å². The Morgan fingerprint density at radius 2 is 1.81 bits per heavy atom. The number of methoxy groups -OCH3 is 1. The second kappa shape index (κ2) is 9.75. The van der Waals surface area contributed by atoms with Crippen LogP contribution in [0.5, 0.6) is 5.75 Å². The maximum absolute atomic E-state index is 12.4. The molecule has 0 unspecified atom stereocenters. The summed E-state index contributed by atoms with van der Waals surface area (Å²) in [6, 6.07) is 19.6. The Balaban J connectivity index is 1.65. The van der Waals surface area contributed by atoms with Crippen LogP contribution in [0.3, 0.4) is 0 Å². The van der Waals surface area contributed by atoms with Crippen molar-refractivity contribution in [2.75, 3.05) is 12.4 Å². The Morgan fingerprint density at radius 3 is 2.45 bits per heavy atom. The number of amides is 1. The van der Waals surface area contributed by atoms with Gasteiger partial charge in [0.05, 0.1) is 18.6 Å². The Kier molecular flexibility index (Phi) is 6.87. The molecule has 1 amide bonds. The Labute approximate surface area is 179 Å². The topological polar surface area (TPSA) is 121 Å². The van der Waals surface area contributed by atoms with Crippen LogP contribution in [0.15, 0.2) is 81.6 Å². The third-order valence-electron chi connectivity index (χ3n) is 4.17. The van der Waals surface area contributed by atoms with Gasteiger partial charge in [-0.2, -0.15) is 5.26 Å². The lowest BCUT2D eigenvalue weighted by Gasteiger charge is -2.05. The van der Waals surface area contributed by atoms with Crippen LogP contribution in [0.4, 0.5) is 5.69 Å². The van der Waals surface area contributed by atoms with E-state index in [1.807, 2.05) is 6.07 Å². The molecule has 0 fully saturated rings. The van der Waals surface area contributed by atoms with E-state index in [9.17, 15) is 18.5 Å². The number of carbonyl (C=O) groups is 1. The van der Waals surface area contributed by atoms with E-state index in [1.54, 1.807) is 54.6 Å². The first kappa shape index (κ1) is 21.8. The van der Waals surface area contributed by atoms with Gasteiger partial charge >= 0.3 is 0 Å². The molecule has 3 rings (SSSR count). The summed E-state index contributed by atoms with van der Waals surface area (Å²) in [5.41, 5.74) is 0.337. The first-order chi connectivity index (χ1) is 14.9. The number of carbonyl (C=O) groups excluding carboxylic acids is 1. The van der Waals surface area contributed by atoms with Gasteiger partial charge in [0.15, 0.2) is 0 Å². The van der Waals surface area contributed by atoms with Gasteiger partial charge in [-0.1, -0.05) is 18.2 Å². The predicted molar refractivity (Wildman–Crippen MR) is 114 cm³/mol. The van der Waals surface area contributed by atoms with Gasteiger partial charge < -0.3 is 14.5 Å². The first-order valence-corrected chi connectivity index (χ1v) is 10.6. The number of nitrogens with one attached hydrogen (secondary N) is 2. The van der Waals surface area contributed by atoms with Crippen molar-refractivity contribution in [1.82, 2.24) is 4.72 Å². The number of hydrogen-bond donors (Lipinski definition) is 2. The van der Waals surface area contributed by atoms with Crippen molar-refractivity contribution in [2.24, 2.45) is 0 Å². The summed E-state index contributed by atoms with van der Waals surface area (Å²) in [4.78, 5) is 12.5.